The lowest BCUT2D eigenvalue weighted by Gasteiger charge is -2.31. The average molecular weight is 409 g/mol. The highest BCUT2D eigenvalue weighted by Crippen LogP contribution is 2.36. The topological polar surface area (TPSA) is 107 Å². The fourth-order valence-electron chi connectivity index (χ4n) is 3.19. The van der Waals surface area contributed by atoms with Crippen molar-refractivity contribution in [1.29, 1.82) is 0 Å². The molecule has 3 aromatic rings. The van der Waals surface area contributed by atoms with Crippen molar-refractivity contribution in [2.24, 2.45) is 0 Å². The van der Waals surface area contributed by atoms with Crippen molar-refractivity contribution in [2.45, 2.75) is 50.6 Å². The quantitative estimate of drug-likeness (QED) is 0.638. The van der Waals surface area contributed by atoms with Gasteiger partial charge in [-0.2, -0.15) is 9.40 Å². The highest BCUT2D eigenvalue weighted by Gasteiger charge is 2.38. The minimum Gasteiger partial charge on any atom is -0.418 e. The molecular formula is C16H20N6O3S2. The number of thiazole rings is 1. The van der Waals surface area contributed by atoms with Crippen LogP contribution in [0.25, 0.3) is 10.8 Å². The Kier molecular flexibility index (Phi) is 4.82. The molecule has 3 aromatic heterocycles. The average Bonchev–Trinajstić information content (AvgIpc) is 3.41. The first kappa shape index (κ1) is 18.3. The summed E-state index contributed by atoms with van der Waals surface area (Å²) < 4.78 is 35.2. The van der Waals surface area contributed by atoms with Crippen molar-refractivity contribution < 1.29 is 12.8 Å². The Hall–Kier alpha value is -2.11. The van der Waals surface area contributed by atoms with Crippen molar-refractivity contribution in [1.82, 2.24) is 29.3 Å². The standard InChI is InChI=1S/C16H20N6O3S2/c1-3-21-9-12(8-18-21)27(23,24)22-7-5-4-6-13(22)15-19-20-16(25-15)14-11(2)17-10-26-14/h8-10,13H,3-7H2,1-2H3/t13-/m1/s1. The van der Waals surface area contributed by atoms with E-state index >= 15 is 0 Å². The fraction of sp³-hybridized carbons (Fsp3) is 0.500. The van der Waals surface area contributed by atoms with Crippen LogP contribution >= 0.6 is 11.3 Å². The van der Waals surface area contributed by atoms with E-state index in [1.54, 1.807) is 16.4 Å². The zero-order chi connectivity index (χ0) is 19.0. The van der Waals surface area contributed by atoms with Crippen LogP contribution in [0.1, 0.15) is 43.8 Å². The van der Waals surface area contributed by atoms with E-state index in [-0.39, 0.29) is 4.90 Å². The van der Waals surface area contributed by atoms with E-state index in [1.165, 1.54) is 21.8 Å². The molecule has 9 nitrogen and oxygen atoms in total. The van der Waals surface area contributed by atoms with Gasteiger partial charge in [0.05, 0.1) is 17.4 Å². The van der Waals surface area contributed by atoms with Gasteiger partial charge in [0.1, 0.15) is 15.8 Å². The van der Waals surface area contributed by atoms with Crippen LogP contribution in [0.2, 0.25) is 0 Å². The summed E-state index contributed by atoms with van der Waals surface area (Å²) in [6.45, 7) is 4.81. The van der Waals surface area contributed by atoms with Gasteiger partial charge in [-0.25, -0.2) is 13.4 Å². The van der Waals surface area contributed by atoms with Crippen LogP contribution in [-0.4, -0.2) is 44.2 Å². The van der Waals surface area contributed by atoms with E-state index in [0.717, 1.165) is 23.4 Å². The maximum Gasteiger partial charge on any atom is 0.259 e. The molecule has 11 heteroatoms. The van der Waals surface area contributed by atoms with Gasteiger partial charge in [0.2, 0.25) is 15.9 Å². The molecule has 0 bridgehead atoms. The van der Waals surface area contributed by atoms with E-state index < -0.39 is 16.1 Å². The van der Waals surface area contributed by atoms with E-state index in [9.17, 15) is 8.42 Å². The highest BCUT2D eigenvalue weighted by atomic mass is 32.2. The summed E-state index contributed by atoms with van der Waals surface area (Å²) in [7, 11) is -3.69. The number of aryl methyl sites for hydroxylation is 2. The highest BCUT2D eigenvalue weighted by molar-refractivity contribution is 7.89. The second kappa shape index (κ2) is 7.13. The summed E-state index contributed by atoms with van der Waals surface area (Å²) in [6.07, 6.45) is 5.30. The minimum atomic E-state index is -3.69. The first-order chi connectivity index (χ1) is 13.0. The van der Waals surface area contributed by atoms with Gasteiger partial charge in [-0.3, -0.25) is 4.68 Å². The minimum absolute atomic E-state index is 0.189. The molecule has 0 unspecified atom stereocenters. The molecule has 0 saturated carbocycles. The molecule has 4 heterocycles. The zero-order valence-corrected chi connectivity index (χ0v) is 16.7. The lowest BCUT2D eigenvalue weighted by atomic mass is 10.1. The molecule has 0 amide bonds. The fourth-order valence-corrected chi connectivity index (χ4v) is 5.52. The second-order valence-electron chi connectivity index (χ2n) is 6.37. The number of sulfonamides is 1. The number of rotatable bonds is 5. The van der Waals surface area contributed by atoms with Gasteiger partial charge in [0.25, 0.3) is 5.89 Å². The third-order valence-electron chi connectivity index (χ3n) is 4.66. The van der Waals surface area contributed by atoms with Crippen LogP contribution in [0.3, 0.4) is 0 Å². The van der Waals surface area contributed by atoms with E-state index in [2.05, 4.69) is 20.3 Å². The Balaban J connectivity index is 1.67. The van der Waals surface area contributed by atoms with E-state index in [1.807, 2.05) is 13.8 Å². The number of aromatic nitrogens is 5. The molecule has 1 fully saturated rings. The molecule has 4 rings (SSSR count). The monoisotopic (exact) mass is 408 g/mol. The van der Waals surface area contributed by atoms with E-state index in [0.29, 0.717) is 31.3 Å². The van der Waals surface area contributed by atoms with Crippen LogP contribution in [-0.2, 0) is 16.6 Å². The third-order valence-corrected chi connectivity index (χ3v) is 7.44. The molecule has 0 N–H and O–H groups in total. The Labute approximate surface area is 161 Å². The Bertz CT molecular complexity index is 1040. The van der Waals surface area contributed by atoms with Crippen LogP contribution in [0.5, 0.6) is 0 Å². The first-order valence-corrected chi connectivity index (χ1v) is 11.1. The van der Waals surface area contributed by atoms with Gasteiger partial charge in [-0.1, -0.05) is 6.42 Å². The van der Waals surface area contributed by atoms with Gasteiger partial charge in [0, 0.05) is 19.3 Å². The molecule has 0 aliphatic carbocycles. The summed E-state index contributed by atoms with van der Waals surface area (Å²) in [6, 6.07) is -0.469. The largest absolute Gasteiger partial charge is 0.418 e. The van der Waals surface area contributed by atoms with Gasteiger partial charge in [-0.15, -0.1) is 21.5 Å². The van der Waals surface area contributed by atoms with Crippen LogP contribution in [0, 0.1) is 6.92 Å². The smallest absolute Gasteiger partial charge is 0.259 e. The maximum absolute atomic E-state index is 13.2. The Morgan fingerprint density at radius 2 is 2.19 bits per heavy atom. The van der Waals surface area contributed by atoms with Crippen molar-refractivity contribution in [3.63, 3.8) is 0 Å². The van der Waals surface area contributed by atoms with Gasteiger partial charge >= 0.3 is 0 Å². The lowest BCUT2D eigenvalue weighted by Crippen LogP contribution is -2.38. The van der Waals surface area contributed by atoms with Gasteiger partial charge in [-0.05, 0) is 26.7 Å². The number of hydrogen-bond acceptors (Lipinski definition) is 8. The Morgan fingerprint density at radius 3 is 2.89 bits per heavy atom. The zero-order valence-electron chi connectivity index (χ0n) is 15.1. The molecule has 1 atom stereocenters. The molecule has 1 aliphatic rings. The second-order valence-corrected chi connectivity index (χ2v) is 9.12. The van der Waals surface area contributed by atoms with Crippen molar-refractivity contribution >= 4 is 21.4 Å². The van der Waals surface area contributed by atoms with Crippen molar-refractivity contribution in [2.75, 3.05) is 6.54 Å². The first-order valence-electron chi connectivity index (χ1n) is 8.79. The summed E-state index contributed by atoms with van der Waals surface area (Å²) in [4.78, 5) is 5.19. The molecular weight excluding hydrogens is 388 g/mol. The number of piperidine rings is 1. The number of nitrogens with zero attached hydrogens (tertiary/aromatic N) is 6. The SMILES string of the molecule is CCn1cc(S(=O)(=O)N2CCCC[C@@H]2c2nnc(-c3scnc3C)o2)cn1. The molecule has 1 aliphatic heterocycles. The van der Waals surface area contributed by atoms with Crippen molar-refractivity contribution in [3.05, 3.63) is 29.5 Å². The summed E-state index contributed by atoms with van der Waals surface area (Å²) in [5.41, 5.74) is 2.53. The number of hydrogen-bond donors (Lipinski definition) is 0. The molecule has 0 aromatic carbocycles. The molecule has 0 spiro atoms. The molecule has 27 heavy (non-hydrogen) atoms. The van der Waals surface area contributed by atoms with Crippen LogP contribution < -0.4 is 0 Å². The predicted molar refractivity (Wildman–Crippen MR) is 98.5 cm³/mol. The van der Waals surface area contributed by atoms with Crippen LogP contribution in [0.15, 0.2) is 27.2 Å². The maximum atomic E-state index is 13.2. The summed E-state index contributed by atoms with van der Waals surface area (Å²) >= 11 is 1.42. The third kappa shape index (κ3) is 3.30. The van der Waals surface area contributed by atoms with Crippen molar-refractivity contribution in [3.8, 4) is 10.8 Å². The Morgan fingerprint density at radius 1 is 1.33 bits per heavy atom. The summed E-state index contributed by atoms with van der Waals surface area (Å²) in [5.74, 6) is 0.704. The normalized spacial score (nSPS) is 18.8. The van der Waals surface area contributed by atoms with Gasteiger partial charge < -0.3 is 4.42 Å². The van der Waals surface area contributed by atoms with Gasteiger partial charge in [0.15, 0.2) is 0 Å². The lowest BCUT2D eigenvalue weighted by molar-refractivity contribution is 0.220. The molecule has 1 saturated heterocycles. The van der Waals surface area contributed by atoms with E-state index in [4.69, 9.17) is 4.42 Å². The summed E-state index contributed by atoms with van der Waals surface area (Å²) in [5, 5.41) is 12.4. The van der Waals surface area contributed by atoms with Crippen LogP contribution in [0.4, 0.5) is 0 Å². The predicted octanol–water partition coefficient (Wildman–Crippen LogP) is 2.63. The molecule has 144 valence electrons. The molecule has 0 radical (unpaired) electrons.